The number of halogens is 1. The molecule has 0 heterocycles. The van der Waals surface area contributed by atoms with Gasteiger partial charge in [-0.15, -0.1) is 0 Å². The first-order valence-corrected chi connectivity index (χ1v) is 11.3. The summed E-state index contributed by atoms with van der Waals surface area (Å²) in [4.78, 5) is 26.8. The molecule has 2 amide bonds. The van der Waals surface area contributed by atoms with Crippen molar-refractivity contribution in [2.75, 3.05) is 19.0 Å². The maximum absolute atomic E-state index is 13.2. The highest BCUT2D eigenvalue weighted by molar-refractivity contribution is 7.97. The van der Waals surface area contributed by atoms with E-state index >= 15 is 0 Å². The molecule has 0 fully saturated rings. The molecule has 6 nitrogen and oxygen atoms in total. The van der Waals surface area contributed by atoms with Crippen LogP contribution in [0.3, 0.4) is 0 Å². The van der Waals surface area contributed by atoms with Gasteiger partial charge in [0.2, 0.25) is 5.91 Å². The molecule has 0 aromatic heterocycles. The maximum Gasteiger partial charge on any atom is 0.251 e. The van der Waals surface area contributed by atoms with Crippen molar-refractivity contribution < 1.29 is 18.7 Å². The lowest BCUT2D eigenvalue weighted by atomic mass is 10.0. The van der Waals surface area contributed by atoms with E-state index in [9.17, 15) is 14.0 Å². The van der Waals surface area contributed by atoms with Gasteiger partial charge in [0.25, 0.3) is 5.91 Å². The summed E-state index contributed by atoms with van der Waals surface area (Å²) in [6.45, 7) is 2.79. The number of ether oxygens (including phenoxy) is 1. The van der Waals surface area contributed by atoms with Crippen LogP contribution in [0.2, 0.25) is 0 Å². The summed E-state index contributed by atoms with van der Waals surface area (Å²) in [5.74, 6) is -0.645. The zero-order valence-electron chi connectivity index (χ0n) is 18.4. The second kappa shape index (κ2) is 12.0. The van der Waals surface area contributed by atoms with Crippen molar-refractivity contribution in [2.45, 2.75) is 24.3 Å². The molecule has 0 saturated heterocycles. The number of hydrogen-bond donors (Lipinski definition) is 3. The molecular weight excluding hydrogens is 441 g/mol. The molecular formula is C25H26FN3O3S. The van der Waals surface area contributed by atoms with E-state index in [2.05, 4.69) is 15.4 Å². The Bertz CT molecular complexity index is 1080. The van der Waals surface area contributed by atoms with Crippen molar-refractivity contribution in [3.63, 3.8) is 0 Å². The monoisotopic (exact) mass is 467 g/mol. The van der Waals surface area contributed by atoms with Crippen LogP contribution in [0.15, 0.2) is 77.7 Å². The first-order chi connectivity index (χ1) is 16.0. The summed E-state index contributed by atoms with van der Waals surface area (Å²) in [6.07, 6.45) is 0.297. The summed E-state index contributed by atoms with van der Waals surface area (Å²) in [5, 5.41) is 5.63. The van der Waals surface area contributed by atoms with E-state index in [-0.39, 0.29) is 11.5 Å². The highest BCUT2D eigenvalue weighted by Crippen LogP contribution is 2.30. The second-order valence-corrected chi connectivity index (χ2v) is 8.11. The number of benzene rings is 3. The van der Waals surface area contributed by atoms with Gasteiger partial charge >= 0.3 is 0 Å². The third-order valence-corrected chi connectivity index (χ3v) is 5.76. The number of methoxy groups -OCH3 is 1. The highest BCUT2D eigenvalue weighted by Gasteiger charge is 2.22. The zero-order chi connectivity index (χ0) is 23.6. The normalized spacial score (nSPS) is 11.5. The minimum absolute atomic E-state index is 0.272. The van der Waals surface area contributed by atoms with Gasteiger partial charge in [-0.1, -0.05) is 37.3 Å². The predicted octanol–water partition coefficient (Wildman–Crippen LogP) is 4.43. The number of amides is 2. The zero-order valence-corrected chi connectivity index (χ0v) is 19.2. The molecule has 0 aliphatic rings. The summed E-state index contributed by atoms with van der Waals surface area (Å²) in [7, 11) is 1.57. The van der Waals surface area contributed by atoms with Crippen molar-refractivity contribution in [2.24, 2.45) is 0 Å². The Morgan fingerprint density at radius 2 is 1.76 bits per heavy atom. The Kier molecular flexibility index (Phi) is 8.86. The number of rotatable bonds is 10. The van der Waals surface area contributed by atoms with Crippen molar-refractivity contribution in [3.8, 4) is 5.75 Å². The predicted molar refractivity (Wildman–Crippen MR) is 129 cm³/mol. The van der Waals surface area contributed by atoms with Crippen molar-refractivity contribution in [3.05, 3.63) is 89.7 Å². The van der Waals surface area contributed by atoms with Crippen LogP contribution in [0, 0.1) is 5.82 Å². The van der Waals surface area contributed by atoms with Crippen molar-refractivity contribution in [1.82, 2.24) is 10.0 Å². The fraction of sp³-hybridized carbons (Fsp3) is 0.200. The Hall–Kier alpha value is -3.36. The van der Waals surface area contributed by atoms with Gasteiger partial charge in [0.15, 0.2) is 0 Å². The molecule has 172 valence electrons. The van der Waals surface area contributed by atoms with Gasteiger partial charge in [0.1, 0.15) is 17.6 Å². The third-order valence-electron chi connectivity index (χ3n) is 4.77. The molecule has 1 unspecified atom stereocenters. The molecule has 0 bridgehead atoms. The number of carbonyl (C=O) groups is 2. The molecule has 0 radical (unpaired) electrons. The maximum atomic E-state index is 13.2. The fourth-order valence-corrected chi connectivity index (χ4v) is 3.79. The lowest BCUT2D eigenvalue weighted by molar-refractivity contribution is -0.118. The van der Waals surface area contributed by atoms with Crippen LogP contribution < -0.4 is 20.1 Å². The minimum atomic E-state index is -0.841. The van der Waals surface area contributed by atoms with E-state index in [0.717, 1.165) is 17.0 Å². The molecule has 33 heavy (non-hydrogen) atoms. The molecule has 0 saturated carbocycles. The topological polar surface area (TPSA) is 79.5 Å². The molecule has 3 aromatic carbocycles. The lowest BCUT2D eigenvalue weighted by Gasteiger charge is -2.19. The second-order valence-electron chi connectivity index (χ2n) is 7.18. The van der Waals surface area contributed by atoms with E-state index in [1.54, 1.807) is 19.2 Å². The summed E-state index contributed by atoms with van der Waals surface area (Å²) in [6, 6.07) is 19.1. The molecule has 3 aromatic rings. The van der Waals surface area contributed by atoms with Crippen LogP contribution in [0.1, 0.15) is 22.8 Å². The number of hydrogen-bond acceptors (Lipinski definition) is 5. The van der Waals surface area contributed by atoms with Gasteiger partial charge in [0.05, 0.1) is 12.0 Å². The van der Waals surface area contributed by atoms with Gasteiger partial charge < -0.3 is 15.4 Å². The Morgan fingerprint density at radius 3 is 2.42 bits per heavy atom. The van der Waals surface area contributed by atoms with Crippen molar-refractivity contribution >= 4 is 29.4 Å². The average molecular weight is 468 g/mol. The van der Waals surface area contributed by atoms with E-state index in [0.29, 0.717) is 17.9 Å². The third kappa shape index (κ3) is 7.06. The van der Waals surface area contributed by atoms with Gasteiger partial charge in [-0.2, -0.15) is 0 Å². The molecule has 1 atom stereocenters. The van der Waals surface area contributed by atoms with E-state index in [1.807, 2.05) is 43.3 Å². The van der Waals surface area contributed by atoms with E-state index < -0.39 is 17.8 Å². The van der Waals surface area contributed by atoms with E-state index in [4.69, 9.17) is 4.74 Å². The van der Waals surface area contributed by atoms with Gasteiger partial charge in [-0.3, -0.25) is 14.3 Å². The Labute approximate surface area is 197 Å². The molecule has 0 spiro atoms. The Balaban J connectivity index is 1.78. The summed E-state index contributed by atoms with van der Waals surface area (Å²) in [5.41, 5.74) is 1.72. The van der Waals surface area contributed by atoms with Crippen LogP contribution in [-0.2, 0) is 11.2 Å². The summed E-state index contributed by atoms with van der Waals surface area (Å²) >= 11 is 1.44. The fourth-order valence-electron chi connectivity index (χ4n) is 3.11. The van der Waals surface area contributed by atoms with Crippen molar-refractivity contribution in [1.29, 1.82) is 0 Å². The molecule has 3 rings (SSSR count). The lowest BCUT2D eigenvalue weighted by Crippen LogP contribution is -2.45. The standard InChI is InChI=1S/C25H26FN3O3S/c1-3-27-33-23-14-13-20(16-22(23)32-2)28-25(31)21(15-17-7-5-4-6-8-17)29-24(30)18-9-11-19(26)12-10-18/h4-14,16,21,27H,3,15H2,1-2H3,(H,28,31)(H,29,30). The SMILES string of the molecule is CCNSc1ccc(NC(=O)C(Cc2ccccc2)NC(=O)c2ccc(F)cc2)cc1OC. The Morgan fingerprint density at radius 1 is 1.03 bits per heavy atom. The first-order valence-electron chi connectivity index (χ1n) is 10.5. The van der Waals surface area contributed by atoms with Crippen LogP contribution in [0.4, 0.5) is 10.1 Å². The van der Waals surface area contributed by atoms with Gasteiger partial charge in [0, 0.05) is 30.3 Å². The molecule has 3 N–H and O–H groups in total. The van der Waals surface area contributed by atoms with Crippen LogP contribution in [0.5, 0.6) is 5.75 Å². The number of carbonyl (C=O) groups excluding carboxylic acids is 2. The number of nitrogens with one attached hydrogen (secondary N) is 3. The first kappa shape index (κ1) is 24.3. The summed E-state index contributed by atoms with van der Waals surface area (Å²) < 4.78 is 21.8. The quantitative estimate of drug-likeness (QED) is 0.385. The van der Waals surface area contributed by atoms with Gasteiger partial charge in [-0.25, -0.2) is 4.39 Å². The number of anilines is 1. The smallest absolute Gasteiger partial charge is 0.251 e. The minimum Gasteiger partial charge on any atom is -0.495 e. The molecule has 0 aliphatic heterocycles. The van der Waals surface area contributed by atoms with Crippen LogP contribution >= 0.6 is 11.9 Å². The van der Waals surface area contributed by atoms with Crippen LogP contribution in [0.25, 0.3) is 0 Å². The highest BCUT2D eigenvalue weighted by atomic mass is 32.2. The van der Waals surface area contributed by atoms with Gasteiger partial charge in [-0.05, 0) is 53.9 Å². The molecule has 8 heteroatoms. The van der Waals surface area contributed by atoms with Crippen LogP contribution in [-0.4, -0.2) is 31.5 Å². The molecule has 0 aliphatic carbocycles. The largest absolute Gasteiger partial charge is 0.495 e. The average Bonchev–Trinajstić information content (AvgIpc) is 2.83. The van der Waals surface area contributed by atoms with E-state index in [1.165, 1.54) is 36.2 Å².